The van der Waals surface area contributed by atoms with Gasteiger partial charge in [-0.05, 0) is 12.5 Å². The van der Waals surface area contributed by atoms with E-state index in [0.29, 0.717) is 19.8 Å². The molecule has 2 atom stereocenters. The first-order valence-corrected chi connectivity index (χ1v) is 8.84. The SMILES string of the molecule is C[C@@H]1COC[C@@](CO)(CNC(=O)c2coc(C#N)c2)N1Cc1ccccc1. The predicted molar refractivity (Wildman–Crippen MR) is 97.8 cm³/mol. The van der Waals surface area contributed by atoms with Crippen LogP contribution in [0.3, 0.4) is 0 Å². The first-order valence-electron chi connectivity index (χ1n) is 8.84. The molecule has 2 N–H and O–H groups in total. The van der Waals surface area contributed by atoms with E-state index in [1.807, 2.05) is 43.3 Å². The summed E-state index contributed by atoms with van der Waals surface area (Å²) in [6, 6.07) is 13.3. The van der Waals surface area contributed by atoms with E-state index in [-0.39, 0.29) is 36.4 Å². The van der Waals surface area contributed by atoms with Crippen molar-refractivity contribution < 1.29 is 19.1 Å². The van der Waals surface area contributed by atoms with Gasteiger partial charge in [-0.2, -0.15) is 5.26 Å². The third-order valence-electron chi connectivity index (χ3n) is 4.91. The fourth-order valence-electron chi connectivity index (χ4n) is 3.37. The average molecular weight is 369 g/mol. The highest BCUT2D eigenvalue weighted by Crippen LogP contribution is 2.26. The first kappa shape index (κ1) is 19.1. The normalized spacial score (nSPS) is 22.9. The second-order valence-electron chi connectivity index (χ2n) is 6.85. The second-order valence-corrected chi connectivity index (χ2v) is 6.85. The van der Waals surface area contributed by atoms with E-state index in [1.54, 1.807) is 0 Å². The van der Waals surface area contributed by atoms with E-state index < -0.39 is 5.54 Å². The number of rotatable bonds is 6. The van der Waals surface area contributed by atoms with Gasteiger partial charge in [0.15, 0.2) is 0 Å². The van der Waals surface area contributed by atoms with Crippen LogP contribution < -0.4 is 5.32 Å². The summed E-state index contributed by atoms with van der Waals surface area (Å²) in [7, 11) is 0. The van der Waals surface area contributed by atoms with Crippen molar-refractivity contribution in [3.63, 3.8) is 0 Å². The zero-order valence-corrected chi connectivity index (χ0v) is 15.2. The molecule has 142 valence electrons. The van der Waals surface area contributed by atoms with Crippen molar-refractivity contribution in [3.05, 3.63) is 59.5 Å². The standard InChI is InChI=1S/C20H23N3O4/c1-15-10-26-14-20(13-24,23(15)9-16-5-3-2-4-6-16)12-22-19(25)17-7-18(8-21)27-11-17/h2-7,11,15,24H,9-10,12-14H2,1H3,(H,22,25)/t15-,20+/m1/s1. The third-order valence-corrected chi connectivity index (χ3v) is 4.91. The number of carbonyl (C=O) groups excluding carboxylic acids is 1. The van der Waals surface area contributed by atoms with E-state index in [0.717, 1.165) is 5.56 Å². The highest BCUT2D eigenvalue weighted by molar-refractivity contribution is 5.94. The van der Waals surface area contributed by atoms with Crippen molar-refractivity contribution in [2.24, 2.45) is 0 Å². The summed E-state index contributed by atoms with van der Waals surface area (Å²) in [5.74, 6) is -0.275. The maximum atomic E-state index is 12.4. The summed E-state index contributed by atoms with van der Waals surface area (Å²) in [5, 5.41) is 21.9. The molecule has 7 nitrogen and oxygen atoms in total. The largest absolute Gasteiger partial charge is 0.453 e. The summed E-state index contributed by atoms with van der Waals surface area (Å²) in [5.41, 5.74) is 0.674. The second kappa shape index (κ2) is 8.35. The number of hydrogen-bond acceptors (Lipinski definition) is 6. The monoisotopic (exact) mass is 369 g/mol. The number of furan rings is 1. The molecule has 0 bridgehead atoms. The minimum atomic E-state index is -0.731. The zero-order valence-electron chi connectivity index (χ0n) is 15.2. The van der Waals surface area contributed by atoms with Crippen molar-refractivity contribution in [1.29, 1.82) is 5.26 Å². The lowest BCUT2D eigenvalue weighted by molar-refractivity contribution is -0.121. The van der Waals surface area contributed by atoms with Gasteiger partial charge in [0.2, 0.25) is 5.76 Å². The zero-order chi connectivity index (χ0) is 19.3. The number of nitriles is 1. The number of ether oxygens (including phenoxy) is 1. The van der Waals surface area contributed by atoms with Crippen molar-refractivity contribution in [3.8, 4) is 6.07 Å². The summed E-state index contributed by atoms with van der Waals surface area (Å²) in [6.45, 7) is 3.63. The molecule has 2 heterocycles. The van der Waals surface area contributed by atoms with Crippen LogP contribution in [-0.2, 0) is 11.3 Å². The number of nitrogens with zero attached hydrogens (tertiary/aromatic N) is 2. The Labute approximate surface area is 158 Å². The maximum absolute atomic E-state index is 12.4. The Morgan fingerprint density at radius 2 is 2.22 bits per heavy atom. The molecule has 1 fully saturated rings. The molecule has 1 saturated heterocycles. The van der Waals surface area contributed by atoms with Crippen molar-refractivity contribution in [2.45, 2.75) is 25.0 Å². The van der Waals surface area contributed by atoms with E-state index >= 15 is 0 Å². The van der Waals surface area contributed by atoms with Gasteiger partial charge in [-0.15, -0.1) is 0 Å². The maximum Gasteiger partial charge on any atom is 0.254 e. The van der Waals surface area contributed by atoms with Crippen molar-refractivity contribution in [1.82, 2.24) is 10.2 Å². The molecule has 0 aliphatic carbocycles. The molecule has 2 aromatic rings. The summed E-state index contributed by atoms with van der Waals surface area (Å²) in [4.78, 5) is 14.6. The number of amides is 1. The fraction of sp³-hybridized carbons (Fsp3) is 0.400. The van der Waals surface area contributed by atoms with Gasteiger partial charge in [0.1, 0.15) is 12.3 Å². The van der Waals surface area contributed by atoms with E-state index in [9.17, 15) is 9.90 Å². The van der Waals surface area contributed by atoms with Crippen LogP contribution in [0.1, 0.15) is 28.6 Å². The number of nitrogens with one attached hydrogen (secondary N) is 1. The minimum absolute atomic E-state index is 0.0809. The molecule has 1 aliphatic rings. The number of benzene rings is 1. The number of morpholine rings is 1. The van der Waals surface area contributed by atoms with Gasteiger partial charge in [-0.25, -0.2) is 0 Å². The molecular weight excluding hydrogens is 346 g/mol. The van der Waals surface area contributed by atoms with Crippen LogP contribution in [0.25, 0.3) is 0 Å². The molecule has 3 rings (SSSR count). The quantitative estimate of drug-likeness (QED) is 0.801. The molecule has 0 unspecified atom stereocenters. The van der Waals surface area contributed by atoms with E-state index in [1.165, 1.54) is 12.3 Å². The fourth-order valence-corrected chi connectivity index (χ4v) is 3.37. The van der Waals surface area contributed by atoms with Crippen LogP contribution in [0.2, 0.25) is 0 Å². The van der Waals surface area contributed by atoms with Gasteiger partial charge in [-0.3, -0.25) is 9.69 Å². The highest BCUT2D eigenvalue weighted by Gasteiger charge is 2.43. The van der Waals surface area contributed by atoms with Gasteiger partial charge in [0, 0.05) is 25.2 Å². The molecule has 1 amide bonds. The van der Waals surface area contributed by atoms with Gasteiger partial charge in [-0.1, -0.05) is 30.3 Å². The number of aliphatic hydroxyl groups is 1. The number of aliphatic hydroxyl groups excluding tert-OH is 1. The molecule has 1 aliphatic heterocycles. The number of hydrogen-bond donors (Lipinski definition) is 2. The van der Waals surface area contributed by atoms with Crippen LogP contribution in [0.15, 0.2) is 47.1 Å². The van der Waals surface area contributed by atoms with Crippen molar-refractivity contribution >= 4 is 5.91 Å². The van der Waals surface area contributed by atoms with Crippen LogP contribution in [-0.4, -0.2) is 53.9 Å². The Hall–Kier alpha value is -2.66. The van der Waals surface area contributed by atoms with Crippen LogP contribution in [0.4, 0.5) is 0 Å². The van der Waals surface area contributed by atoms with Gasteiger partial charge < -0.3 is 19.6 Å². The Morgan fingerprint density at radius 3 is 2.89 bits per heavy atom. The van der Waals surface area contributed by atoms with Crippen LogP contribution in [0, 0.1) is 11.3 Å². The number of carbonyl (C=O) groups is 1. The van der Waals surface area contributed by atoms with E-state index in [4.69, 9.17) is 14.4 Å². The summed E-state index contributed by atoms with van der Waals surface area (Å²) in [6.07, 6.45) is 1.25. The van der Waals surface area contributed by atoms with Gasteiger partial charge in [0.05, 0.1) is 30.9 Å². The Balaban J connectivity index is 1.75. The summed E-state index contributed by atoms with van der Waals surface area (Å²) < 4.78 is 10.7. The molecule has 7 heteroatoms. The predicted octanol–water partition coefficient (Wildman–Crippen LogP) is 1.53. The molecule has 27 heavy (non-hydrogen) atoms. The summed E-state index contributed by atoms with van der Waals surface area (Å²) >= 11 is 0. The minimum Gasteiger partial charge on any atom is -0.453 e. The lowest BCUT2D eigenvalue weighted by atomic mass is 9.94. The Bertz CT molecular complexity index is 814. The van der Waals surface area contributed by atoms with Gasteiger partial charge >= 0.3 is 0 Å². The topological polar surface area (TPSA) is 98.7 Å². The van der Waals surface area contributed by atoms with Crippen LogP contribution in [0.5, 0.6) is 0 Å². The Kier molecular flexibility index (Phi) is 5.91. The smallest absolute Gasteiger partial charge is 0.254 e. The lowest BCUT2D eigenvalue weighted by Crippen LogP contribution is -2.66. The molecule has 1 aromatic heterocycles. The third kappa shape index (κ3) is 4.19. The average Bonchev–Trinajstić information content (AvgIpc) is 3.18. The molecule has 0 radical (unpaired) electrons. The van der Waals surface area contributed by atoms with Crippen LogP contribution >= 0.6 is 0 Å². The van der Waals surface area contributed by atoms with Crippen molar-refractivity contribution in [2.75, 3.05) is 26.4 Å². The Morgan fingerprint density at radius 1 is 1.44 bits per heavy atom. The van der Waals surface area contributed by atoms with E-state index in [2.05, 4.69) is 10.2 Å². The molecule has 0 saturated carbocycles. The van der Waals surface area contributed by atoms with Gasteiger partial charge in [0.25, 0.3) is 5.91 Å². The molecule has 1 aromatic carbocycles. The highest BCUT2D eigenvalue weighted by atomic mass is 16.5. The lowest BCUT2D eigenvalue weighted by Gasteiger charge is -2.49. The molecular formula is C20H23N3O4. The molecule has 0 spiro atoms. The first-order chi connectivity index (χ1) is 13.1.